The van der Waals surface area contributed by atoms with Crippen LogP contribution in [0.15, 0.2) is 18.3 Å². The lowest BCUT2D eigenvalue weighted by Crippen LogP contribution is -2.28. The normalized spacial score (nSPS) is 11.9. The van der Waals surface area contributed by atoms with E-state index < -0.39 is 12.0 Å². The van der Waals surface area contributed by atoms with E-state index in [1.165, 1.54) is 6.92 Å². The Bertz CT molecular complexity index is 371. The van der Waals surface area contributed by atoms with Gasteiger partial charge in [0.05, 0.1) is 18.2 Å². The summed E-state index contributed by atoms with van der Waals surface area (Å²) in [5.41, 5.74) is 1.55. The molecule has 5 nitrogen and oxygen atoms in total. The van der Waals surface area contributed by atoms with Crippen molar-refractivity contribution in [2.24, 2.45) is 0 Å². The van der Waals surface area contributed by atoms with Gasteiger partial charge in [0.15, 0.2) is 0 Å². The van der Waals surface area contributed by atoms with Gasteiger partial charge in [0.2, 0.25) is 5.91 Å². The molecule has 0 spiro atoms. The Hall–Kier alpha value is -1.91. The standard InChI is InChI=1S/C11H14N2O3/c1-7-3-4-9(12-6-7)10(5-11(15)16)13-8(2)14/h3-4,6,10H,5H2,1-2H3,(H,13,14)(H,15,16)/t10-/m1/s1. The quantitative estimate of drug-likeness (QED) is 0.797. The minimum Gasteiger partial charge on any atom is -0.481 e. The lowest BCUT2D eigenvalue weighted by molar-refractivity contribution is -0.137. The fourth-order valence-electron chi connectivity index (χ4n) is 1.33. The highest BCUT2D eigenvalue weighted by Gasteiger charge is 2.17. The van der Waals surface area contributed by atoms with E-state index in [4.69, 9.17) is 5.11 Å². The van der Waals surface area contributed by atoms with Crippen LogP contribution in [-0.4, -0.2) is 22.0 Å². The van der Waals surface area contributed by atoms with Crippen molar-refractivity contribution in [3.63, 3.8) is 0 Å². The van der Waals surface area contributed by atoms with Crippen LogP contribution in [0, 0.1) is 6.92 Å². The number of aromatic nitrogens is 1. The van der Waals surface area contributed by atoms with Crippen LogP contribution in [0.25, 0.3) is 0 Å². The molecule has 1 aromatic rings. The van der Waals surface area contributed by atoms with Crippen LogP contribution in [0.2, 0.25) is 0 Å². The molecule has 2 N–H and O–H groups in total. The molecular weight excluding hydrogens is 208 g/mol. The fourth-order valence-corrected chi connectivity index (χ4v) is 1.33. The third-order valence-corrected chi connectivity index (χ3v) is 2.05. The zero-order valence-electron chi connectivity index (χ0n) is 9.23. The predicted molar refractivity (Wildman–Crippen MR) is 57.8 cm³/mol. The van der Waals surface area contributed by atoms with Crippen molar-refractivity contribution < 1.29 is 14.7 Å². The van der Waals surface area contributed by atoms with Crippen LogP contribution >= 0.6 is 0 Å². The number of hydrogen-bond acceptors (Lipinski definition) is 3. The number of amides is 1. The molecule has 0 saturated heterocycles. The summed E-state index contributed by atoms with van der Waals surface area (Å²) in [4.78, 5) is 25.7. The van der Waals surface area contributed by atoms with Gasteiger partial charge in [0.25, 0.3) is 0 Å². The summed E-state index contributed by atoms with van der Waals surface area (Å²) in [6, 6.07) is 2.98. The van der Waals surface area contributed by atoms with Crippen LogP contribution in [0.4, 0.5) is 0 Å². The van der Waals surface area contributed by atoms with Gasteiger partial charge in [-0.05, 0) is 18.6 Å². The second-order valence-electron chi connectivity index (χ2n) is 3.61. The summed E-state index contributed by atoms with van der Waals surface area (Å²) in [7, 11) is 0. The van der Waals surface area contributed by atoms with Crippen molar-refractivity contribution in [3.8, 4) is 0 Å². The summed E-state index contributed by atoms with van der Waals surface area (Å²) in [5, 5.41) is 11.3. The van der Waals surface area contributed by atoms with Crippen molar-refractivity contribution in [2.45, 2.75) is 26.3 Å². The molecule has 1 heterocycles. The van der Waals surface area contributed by atoms with Crippen LogP contribution in [0.3, 0.4) is 0 Å². The smallest absolute Gasteiger partial charge is 0.305 e. The van der Waals surface area contributed by atoms with Crippen molar-refractivity contribution >= 4 is 11.9 Å². The number of carboxylic acids is 1. The lowest BCUT2D eigenvalue weighted by Gasteiger charge is -2.15. The SMILES string of the molecule is CC(=O)N[C@H](CC(=O)O)c1ccc(C)cn1. The molecule has 0 fully saturated rings. The number of aryl methyl sites for hydroxylation is 1. The molecule has 0 saturated carbocycles. The first-order chi connectivity index (χ1) is 7.49. The Morgan fingerprint density at radius 3 is 2.62 bits per heavy atom. The maximum Gasteiger partial charge on any atom is 0.305 e. The number of carboxylic acid groups (broad SMARTS) is 1. The maximum atomic E-state index is 10.9. The van der Waals surface area contributed by atoms with Gasteiger partial charge in [0, 0.05) is 13.1 Å². The van der Waals surface area contributed by atoms with E-state index in [0.29, 0.717) is 5.69 Å². The highest BCUT2D eigenvalue weighted by Crippen LogP contribution is 2.14. The third-order valence-electron chi connectivity index (χ3n) is 2.05. The first-order valence-corrected chi connectivity index (χ1v) is 4.90. The van der Waals surface area contributed by atoms with Gasteiger partial charge in [-0.15, -0.1) is 0 Å². The van der Waals surface area contributed by atoms with E-state index in [0.717, 1.165) is 5.56 Å². The number of nitrogens with one attached hydrogen (secondary N) is 1. The Morgan fingerprint density at radius 2 is 2.19 bits per heavy atom. The number of carbonyl (C=O) groups excluding carboxylic acids is 1. The third kappa shape index (κ3) is 3.68. The summed E-state index contributed by atoms with van der Waals surface area (Å²) in [6.45, 7) is 3.24. The predicted octanol–water partition coefficient (Wildman–Crippen LogP) is 1.04. The second-order valence-corrected chi connectivity index (χ2v) is 3.61. The van der Waals surface area contributed by atoms with E-state index in [1.807, 2.05) is 13.0 Å². The zero-order chi connectivity index (χ0) is 12.1. The van der Waals surface area contributed by atoms with Crippen LogP contribution in [0.5, 0.6) is 0 Å². The molecule has 0 aliphatic carbocycles. The van der Waals surface area contributed by atoms with Crippen molar-refractivity contribution in [2.75, 3.05) is 0 Å². The number of carbonyl (C=O) groups is 2. The molecule has 1 amide bonds. The molecule has 1 atom stereocenters. The Balaban J connectivity index is 2.86. The molecule has 0 aliphatic heterocycles. The topological polar surface area (TPSA) is 79.3 Å². The highest BCUT2D eigenvalue weighted by atomic mass is 16.4. The Labute approximate surface area is 93.5 Å². The molecule has 16 heavy (non-hydrogen) atoms. The van der Waals surface area contributed by atoms with E-state index in [2.05, 4.69) is 10.3 Å². The minimum atomic E-state index is -0.971. The molecule has 0 unspecified atom stereocenters. The molecule has 1 aromatic heterocycles. The van der Waals surface area contributed by atoms with Gasteiger partial charge in [-0.1, -0.05) is 6.07 Å². The number of rotatable bonds is 4. The molecule has 5 heteroatoms. The minimum absolute atomic E-state index is 0.171. The van der Waals surface area contributed by atoms with E-state index in [1.54, 1.807) is 12.3 Å². The number of pyridine rings is 1. The van der Waals surface area contributed by atoms with Gasteiger partial charge in [-0.25, -0.2) is 0 Å². The van der Waals surface area contributed by atoms with Crippen molar-refractivity contribution in [1.29, 1.82) is 0 Å². The summed E-state index contributed by atoms with van der Waals surface area (Å²) >= 11 is 0. The monoisotopic (exact) mass is 222 g/mol. The van der Waals surface area contributed by atoms with Crippen LogP contribution < -0.4 is 5.32 Å². The van der Waals surface area contributed by atoms with Crippen molar-refractivity contribution in [3.05, 3.63) is 29.6 Å². The lowest BCUT2D eigenvalue weighted by atomic mass is 10.1. The van der Waals surface area contributed by atoms with E-state index >= 15 is 0 Å². The number of hydrogen-bond donors (Lipinski definition) is 2. The highest BCUT2D eigenvalue weighted by molar-refractivity contribution is 5.75. The second kappa shape index (κ2) is 5.25. The first kappa shape index (κ1) is 12.2. The average Bonchev–Trinajstić information content (AvgIpc) is 2.16. The van der Waals surface area contributed by atoms with Crippen LogP contribution in [-0.2, 0) is 9.59 Å². The van der Waals surface area contributed by atoms with Gasteiger partial charge < -0.3 is 10.4 Å². The van der Waals surface area contributed by atoms with Gasteiger partial charge in [-0.2, -0.15) is 0 Å². The fraction of sp³-hybridized carbons (Fsp3) is 0.364. The molecule has 0 aliphatic rings. The van der Waals surface area contributed by atoms with Crippen molar-refractivity contribution in [1.82, 2.24) is 10.3 Å². The Kier molecular flexibility index (Phi) is 3.99. The summed E-state index contributed by atoms with van der Waals surface area (Å²) in [6.07, 6.45) is 1.47. The molecule has 0 bridgehead atoms. The number of nitrogens with zero attached hydrogens (tertiary/aromatic N) is 1. The molecule has 1 rings (SSSR count). The van der Waals surface area contributed by atoms with E-state index in [-0.39, 0.29) is 12.3 Å². The number of aliphatic carboxylic acids is 1. The largest absolute Gasteiger partial charge is 0.481 e. The molecule has 0 aromatic carbocycles. The van der Waals surface area contributed by atoms with Crippen LogP contribution in [0.1, 0.15) is 30.6 Å². The van der Waals surface area contributed by atoms with Gasteiger partial charge in [0.1, 0.15) is 0 Å². The zero-order valence-corrected chi connectivity index (χ0v) is 9.23. The maximum absolute atomic E-state index is 10.9. The van der Waals surface area contributed by atoms with Gasteiger partial charge >= 0.3 is 5.97 Å². The summed E-state index contributed by atoms with van der Waals surface area (Å²) < 4.78 is 0. The average molecular weight is 222 g/mol. The molecular formula is C11H14N2O3. The molecule has 86 valence electrons. The molecule has 0 radical (unpaired) electrons. The summed E-state index contributed by atoms with van der Waals surface area (Å²) in [5.74, 6) is -1.24. The first-order valence-electron chi connectivity index (χ1n) is 4.90. The van der Waals surface area contributed by atoms with Gasteiger partial charge in [-0.3, -0.25) is 14.6 Å². The Morgan fingerprint density at radius 1 is 1.50 bits per heavy atom. The van der Waals surface area contributed by atoms with E-state index in [9.17, 15) is 9.59 Å².